The van der Waals surface area contributed by atoms with E-state index >= 15 is 0 Å². The van der Waals surface area contributed by atoms with E-state index in [0.29, 0.717) is 0 Å². The van der Waals surface area contributed by atoms with Gasteiger partial charge in [0.05, 0.1) is 6.10 Å². The van der Waals surface area contributed by atoms with Crippen molar-refractivity contribution in [1.29, 1.82) is 0 Å². The third kappa shape index (κ3) is 9.03. The highest BCUT2D eigenvalue weighted by Crippen LogP contribution is 2.09. The van der Waals surface area contributed by atoms with Crippen LogP contribution in [0.5, 0.6) is 0 Å². The summed E-state index contributed by atoms with van der Waals surface area (Å²) in [6, 6.07) is 4.55. The summed E-state index contributed by atoms with van der Waals surface area (Å²) in [6.07, 6.45) is -0.720. The van der Waals surface area contributed by atoms with Gasteiger partial charge in [0.2, 0.25) is 17.7 Å². The summed E-state index contributed by atoms with van der Waals surface area (Å²) in [6.45, 7) is 6.41. The van der Waals surface area contributed by atoms with Gasteiger partial charge in [-0.3, -0.25) is 19.2 Å². The summed E-state index contributed by atoms with van der Waals surface area (Å²) in [5, 5.41) is 26.2. The predicted molar refractivity (Wildman–Crippen MR) is 118 cm³/mol. The topological polar surface area (TPSA) is 171 Å². The van der Waals surface area contributed by atoms with Crippen molar-refractivity contribution in [2.45, 2.75) is 70.8 Å². The molecule has 1 aromatic carbocycles. The highest BCUT2D eigenvalue weighted by atomic mass is 16.4. The molecule has 5 atom stereocenters. The number of carbonyl (C=O) groups is 4. The zero-order chi connectivity index (χ0) is 24.4. The van der Waals surface area contributed by atoms with Gasteiger partial charge in [0.15, 0.2) is 0 Å². The van der Waals surface area contributed by atoms with E-state index in [-0.39, 0.29) is 18.8 Å². The van der Waals surface area contributed by atoms with Crippen LogP contribution in [-0.4, -0.2) is 64.2 Å². The Labute approximate surface area is 187 Å². The third-order valence-corrected chi connectivity index (χ3v) is 4.81. The number of carboxylic acids is 1. The number of aliphatic hydroxyl groups is 1. The summed E-state index contributed by atoms with van der Waals surface area (Å²) >= 11 is 0. The normalized spacial score (nSPS) is 15.7. The number of carbonyl (C=O) groups excluding carboxylic acids is 3. The van der Waals surface area contributed by atoms with Gasteiger partial charge in [-0.15, -0.1) is 0 Å². The first-order valence-electron chi connectivity index (χ1n) is 10.5. The molecule has 5 unspecified atom stereocenters. The fraction of sp³-hybridized carbons (Fsp3) is 0.545. The van der Waals surface area contributed by atoms with Crippen LogP contribution in [0.15, 0.2) is 30.3 Å². The number of nitrogens with two attached hydrogens (primary N) is 1. The highest BCUT2D eigenvalue weighted by molar-refractivity contribution is 5.94. The minimum Gasteiger partial charge on any atom is -0.480 e. The number of aliphatic carboxylic acids is 1. The lowest BCUT2D eigenvalue weighted by Gasteiger charge is -2.26. The van der Waals surface area contributed by atoms with Gasteiger partial charge in [-0.25, -0.2) is 0 Å². The Morgan fingerprint density at radius 1 is 0.875 bits per heavy atom. The van der Waals surface area contributed by atoms with Crippen molar-refractivity contribution < 1.29 is 29.4 Å². The van der Waals surface area contributed by atoms with Crippen molar-refractivity contribution in [3.05, 3.63) is 35.9 Å². The largest absolute Gasteiger partial charge is 0.480 e. The van der Waals surface area contributed by atoms with Crippen molar-refractivity contribution in [2.75, 3.05) is 0 Å². The highest BCUT2D eigenvalue weighted by Gasteiger charge is 2.30. The van der Waals surface area contributed by atoms with E-state index in [1.807, 2.05) is 19.9 Å². The average molecular weight is 451 g/mol. The van der Waals surface area contributed by atoms with Crippen LogP contribution in [0.2, 0.25) is 0 Å². The predicted octanol–water partition coefficient (Wildman–Crippen LogP) is -0.458. The zero-order valence-corrected chi connectivity index (χ0v) is 18.9. The van der Waals surface area contributed by atoms with Crippen LogP contribution in [0.3, 0.4) is 0 Å². The third-order valence-electron chi connectivity index (χ3n) is 4.81. The molecule has 178 valence electrons. The van der Waals surface area contributed by atoms with E-state index in [1.165, 1.54) is 13.8 Å². The first kappa shape index (κ1) is 27.1. The van der Waals surface area contributed by atoms with Gasteiger partial charge in [0.25, 0.3) is 0 Å². The van der Waals surface area contributed by atoms with Gasteiger partial charge >= 0.3 is 5.97 Å². The van der Waals surface area contributed by atoms with Crippen LogP contribution in [0.4, 0.5) is 0 Å². The number of rotatable bonds is 12. The molecule has 0 heterocycles. The summed E-state index contributed by atoms with van der Waals surface area (Å²) in [7, 11) is 0. The van der Waals surface area contributed by atoms with E-state index in [0.717, 1.165) is 5.56 Å². The maximum absolute atomic E-state index is 13.1. The molecule has 0 fully saturated rings. The molecule has 0 bridgehead atoms. The van der Waals surface area contributed by atoms with Gasteiger partial charge < -0.3 is 31.9 Å². The second-order valence-corrected chi connectivity index (χ2v) is 8.28. The van der Waals surface area contributed by atoms with Crippen LogP contribution in [0.1, 0.15) is 39.7 Å². The lowest BCUT2D eigenvalue weighted by Crippen LogP contribution is -2.58. The number of amides is 3. The maximum atomic E-state index is 13.1. The van der Waals surface area contributed by atoms with Crippen LogP contribution in [-0.2, 0) is 25.6 Å². The van der Waals surface area contributed by atoms with Gasteiger partial charge in [-0.2, -0.15) is 0 Å². The Hall–Kier alpha value is -2.98. The lowest BCUT2D eigenvalue weighted by atomic mass is 10.0. The first-order valence-corrected chi connectivity index (χ1v) is 10.5. The minimum absolute atomic E-state index is 0.0250. The number of hydrogen-bond donors (Lipinski definition) is 6. The SMILES string of the molecule is CC(C)CC(NC(=O)C(Cc1ccccc1)NC(=O)C(N)C(C)O)C(=O)NC(C)C(=O)O. The van der Waals surface area contributed by atoms with Gasteiger partial charge in [0.1, 0.15) is 24.2 Å². The molecule has 1 aromatic rings. The van der Waals surface area contributed by atoms with Crippen molar-refractivity contribution >= 4 is 23.7 Å². The molecule has 0 saturated carbocycles. The van der Waals surface area contributed by atoms with Crippen molar-refractivity contribution in [1.82, 2.24) is 16.0 Å². The quantitative estimate of drug-likeness (QED) is 0.250. The lowest BCUT2D eigenvalue weighted by molar-refractivity contribution is -0.142. The molecule has 0 aromatic heterocycles. The molecule has 0 radical (unpaired) electrons. The van der Waals surface area contributed by atoms with Gasteiger partial charge in [-0.1, -0.05) is 44.2 Å². The van der Waals surface area contributed by atoms with Crippen LogP contribution < -0.4 is 21.7 Å². The Balaban J connectivity index is 3.05. The molecule has 10 nitrogen and oxygen atoms in total. The minimum atomic E-state index is -1.23. The molecule has 3 amide bonds. The average Bonchev–Trinajstić information content (AvgIpc) is 2.72. The molecule has 32 heavy (non-hydrogen) atoms. The number of aliphatic hydroxyl groups excluding tert-OH is 1. The number of carboxylic acid groups (broad SMARTS) is 1. The summed E-state index contributed by atoms with van der Waals surface area (Å²) in [4.78, 5) is 49.1. The number of hydrogen-bond acceptors (Lipinski definition) is 6. The first-order chi connectivity index (χ1) is 14.9. The van der Waals surface area contributed by atoms with E-state index < -0.39 is 54.0 Å². The van der Waals surface area contributed by atoms with Gasteiger partial charge in [0, 0.05) is 6.42 Å². The Bertz CT molecular complexity index is 784. The molecule has 0 spiro atoms. The monoisotopic (exact) mass is 450 g/mol. The van der Waals surface area contributed by atoms with E-state index in [4.69, 9.17) is 10.8 Å². The van der Waals surface area contributed by atoms with E-state index in [9.17, 15) is 24.3 Å². The molecule has 0 aliphatic heterocycles. The summed E-state index contributed by atoms with van der Waals surface area (Å²) in [5.41, 5.74) is 6.45. The van der Waals surface area contributed by atoms with Crippen LogP contribution in [0, 0.1) is 5.92 Å². The Morgan fingerprint density at radius 3 is 1.91 bits per heavy atom. The van der Waals surface area contributed by atoms with E-state index in [1.54, 1.807) is 24.3 Å². The maximum Gasteiger partial charge on any atom is 0.325 e. The Kier molecular flexibility index (Phi) is 10.8. The number of nitrogens with one attached hydrogen (secondary N) is 3. The van der Waals surface area contributed by atoms with Crippen LogP contribution >= 0.6 is 0 Å². The van der Waals surface area contributed by atoms with Crippen molar-refractivity contribution in [2.24, 2.45) is 11.7 Å². The fourth-order valence-electron chi connectivity index (χ4n) is 2.90. The van der Waals surface area contributed by atoms with Crippen molar-refractivity contribution in [3.63, 3.8) is 0 Å². The molecule has 10 heteroatoms. The molecular weight excluding hydrogens is 416 g/mol. The second-order valence-electron chi connectivity index (χ2n) is 8.28. The molecular formula is C22H34N4O6. The Morgan fingerprint density at radius 2 is 1.41 bits per heavy atom. The molecule has 7 N–H and O–H groups in total. The summed E-state index contributed by atoms with van der Waals surface area (Å²) < 4.78 is 0. The molecule has 0 saturated heterocycles. The zero-order valence-electron chi connectivity index (χ0n) is 18.9. The van der Waals surface area contributed by atoms with E-state index in [2.05, 4.69) is 16.0 Å². The summed E-state index contributed by atoms with van der Waals surface area (Å²) in [5.74, 6) is -3.14. The number of benzene rings is 1. The van der Waals surface area contributed by atoms with Crippen molar-refractivity contribution in [3.8, 4) is 0 Å². The fourth-order valence-corrected chi connectivity index (χ4v) is 2.90. The molecule has 1 rings (SSSR count). The van der Waals surface area contributed by atoms with Gasteiger partial charge in [-0.05, 0) is 31.7 Å². The standard InChI is InChI=1S/C22H34N4O6/c1-12(2)10-16(19(28)24-13(3)22(31)32)25-20(29)17(11-15-8-6-5-7-9-15)26-21(30)18(23)14(4)27/h5-9,12-14,16-18,27H,10-11,23H2,1-4H3,(H,24,28)(H,25,29)(H,26,30)(H,31,32). The van der Waals surface area contributed by atoms with Crippen LogP contribution in [0.25, 0.3) is 0 Å². The molecule has 0 aliphatic carbocycles. The smallest absolute Gasteiger partial charge is 0.325 e. The molecule has 0 aliphatic rings. The second kappa shape index (κ2) is 12.8.